The predicted molar refractivity (Wildman–Crippen MR) is 126 cm³/mol. The molecule has 3 N–H and O–H groups in total. The van der Waals surface area contributed by atoms with Gasteiger partial charge in [0.15, 0.2) is 0 Å². The van der Waals surface area contributed by atoms with Crippen molar-refractivity contribution >= 4 is 6.03 Å². The van der Waals surface area contributed by atoms with E-state index in [2.05, 4.69) is 24.5 Å². The maximum absolute atomic E-state index is 12.1. The van der Waals surface area contributed by atoms with Gasteiger partial charge in [0.2, 0.25) is 0 Å². The molecular weight excluding hydrogens is 360 g/mol. The van der Waals surface area contributed by atoms with E-state index >= 15 is 0 Å². The van der Waals surface area contributed by atoms with Crippen LogP contribution in [0.25, 0.3) is 0 Å². The van der Waals surface area contributed by atoms with Crippen LogP contribution < -0.4 is 10.6 Å². The Balaban J connectivity index is 3.96. The lowest BCUT2D eigenvalue weighted by molar-refractivity contribution is 0.237. The number of hydrogen-bond acceptors (Lipinski definition) is 2. The Morgan fingerprint density at radius 3 is 1.69 bits per heavy atom. The minimum Gasteiger partial charge on any atom is -0.396 e. The first-order valence-corrected chi connectivity index (χ1v) is 12.9. The minimum absolute atomic E-state index is 0.0111. The SMILES string of the molecule is CCCCCCCCC(CCCCCCCC)CNC(=O)NCCCCCCO. The number of carbonyl (C=O) groups excluding carboxylic acids is 1. The van der Waals surface area contributed by atoms with Crippen LogP contribution in [0.3, 0.4) is 0 Å². The fourth-order valence-corrected chi connectivity index (χ4v) is 3.87. The number of aliphatic hydroxyl groups excluding tert-OH is 1. The highest BCUT2D eigenvalue weighted by atomic mass is 16.2. The van der Waals surface area contributed by atoms with E-state index < -0.39 is 0 Å². The van der Waals surface area contributed by atoms with Gasteiger partial charge in [0.25, 0.3) is 0 Å². The van der Waals surface area contributed by atoms with E-state index in [1.54, 1.807) is 0 Å². The molecule has 2 amide bonds. The van der Waals surface area contributed by atoms with Crippen molar-refractivity contribution in [2.24, 2.45) is 5.92 Å². The Morgan fingerprint density at radius 1 is 0.655 bits per heavy atom. The van der Waals surface area contributed by atoms with Crippen molar-refractivity contribution in [2.75, 3.05) is 19.7 Å². The van der Waals surface area contributed by atoms with E-state index in [0.29, 0.717) is 5.92 Å². The summed E-state index contributed by atoms with van der Waals surface area (Å²) in [6, 6.07) is -0.0111. The standard InChI is InChI=1S/C25H52N2O2/c1-3-5-7-9-11-15-19-24(20-16-12-10-8-6-4-2)23-27-25(29)26-21-17-13-14-18-22-28/h24,28H,3-23H2,1-2H3,(H2,26,27,29). The fourth-order valence-electron chi connectivity index (χ4n) is 3.87. The quantitative estimate of drug-likeness (QED) is 0.168. The Labute approximate surface area is 182 Å². The highest BCUT2D eigenvalue weighted by molar-refractivity contribution is 5.73. The zero-order valence-corrected chi connectivity index (χ0v) is 19.8. The van der Waals surface area contributed by atoms with Gasteiger partial charge in [-0.25, -0.2) is 4.79 Å². The highest BCUT2D eigenvalue weighted by Gasteiger charge is 2.10. The lowest BCUT2D eigenvalue weighted by atomic mass is 9.94. The Morgan fingerprint density at radius 2 is 1.14 bits per heavy atom. The second-order valence-corrected chi connectivity index (χ2v) is 8.75. The van der Waals surface area contributed by atoms with Crippen LogP contribution in [0.15, 0.2) is 0 Å². The predicted octanol–water partition coefficient (Wildman–Crippen LogP) is 6.96. The van der Waals surface area contributed by atoms with Crippen molar-refractivity contribution in [3.63, 3.8) is 0 Å². The molecule has 0 aromatic carbocycles. The monoisotopic (exact) mass is 412 g/mol. The van der Waals surface area contributed by atoms with Crippen LogP contribution in [-0.2, 0) is 0 Å². The topological polar surface area (TPSA) is 61.4 Å². The van der Waals surface area contributed by atoms with Gasteiger partial charge in [-0.15, -0.1) is 0 Å². The maximum Gasteiger partial charge on any atom is 0.314 e. The molecule has 0 atom stereocenters. The third-order valence-electron chi connectivity index (χ3n) is 5.85. The number of hydrogen-bond donors (Lipinski definition) is 3. The molecule has 0 rings (SSSR count). The van der Waals surface area contributed by atoms with Gasteiger partial charge < -0.3 is 15.7 Å². The van der Waals surface area contributed by atoms with Crippen LogP contribution in [0, 0.1) is 5.92 Å². The summed E-state index contributed by atoms with van der Waals surface area (Å²) in [4.78, 5) is 12.1. The molecule has 0 aromatic rings. The molecule has 0 heterocycles. The molecule has 0 aliphatic rings. The third kappa shape index (κ3) is 21.8. The smallest absolute Gasteiger partial charge is 0.314 e. The number of rotatable bonds is 22. The largest absolute Gasteiger partial charge is 0.396 e. The molecule has 0 aliphatic carbocycles. The van der Waals surface area contributed by atoms with Crippen LogP contribution in [0.5, 0.6) is 0 Å². The summed E-state index contributed by atoms with van der Waals surface area (Å²) in [6.07, 6.45) is 22.6. The van der Waals surface area contributed by atoms with E-state index in [4.69, 9.17) is 5.11 Å². The molecule has 0 radical (unpaired) electrons. The van der Waals surface area contributed by atoms with Crippen LogP contribution in [0.1, 0.15) is 129 Å². The summed E-state index contributed by atoms with van der Waals surface area (Å²) in [5.74, 6) is 0.627. The molecule has 29 heavy (non-hydrogen) atoms. The van der Waals surface area contributed by atoms with Crippen LogP contribution in [-0.4, -0.2) is 30.8 Å². The number of aliphatic hydroxyl groups is 1. The van der Waals surface area contributed by atoms with Gasteiger partial charge in [-0.2, -0.15) is 0 Å². The number of amides is 2. The van der Waals surface area contributed by atoms with E-state index in [1.807, 2.05) is 0 Å². The fraction of sp³-hybridized carbons (Fsp3) is 0.960. The zero-order valence-electron chi connectivity index (χ0n) is 19.8. The van der Waals surface area contributed by atoms with Crippen molar-refractivity contribution in [3.8, 4) is 0 Å². The highest BCUT2D eigenvalue weighted by Crippen LogP contribution is 2.18. The first kappa shape index (κ1) is 28.2. The summed E-state index contributed by atoms with van der Waals surface area (Å²) >= 11 is 0. The second kappa shape index (κ2) is 23.5. The molecule has 0 aliphatic heterocycles. The van der Waals surface area contributed by atoms with E-state index in [-0.39, 0.29) is 12.6 Å². The van der Waals surface area contributed by atoms with Crippen molar-refractivity contribution in [2.45, 2.75) is 129 Å². The minimum atomic E-state index is -0.0111. The van der Waals surface area contributed by atoms with E-state index in [1.165, 1.54) is 89.9 Å². The summed E-state index contributed by atoms with van der Waals surface area (Å²) in [5, 5.41) is 14.9. The molecule has 4 nitrogen and oxygen atoms in total. The second-order valence-electron chi connectivity index (χ2n) is 8.75. The van der Waals surface area contributed by atoms with Crippen molar-refractivity contribution < 1.29 is 9.90 Å². The number of nitrogens with one attached hydrogen (secondary N) is 2. The summed E-state index contributed by atoms with van der Waals surface area (Å²) in [6.45, 7) is 6.36. The molecular formula is C25H52N2O2. The summed E-state index contributed by atoms with van der Waals surface area (Å²) in [7, 11) is 0. The summed E-state index contributed by atoms with van der Waals surface area (Å²) in [5.41, 5.74) is 0. The van der Waals surface area contributed by atoms with Gasteiger partial charge in [-0.05, 0) is 31.6 Å². The Bertz CT molecular complexity index is 321. The zero-order chi connectivity index (χ0) is 21.4. The molecule has 0 bridgehead atoms. The van der Waals surface area contributed by atoms with Gasteiger partial charge >= 0.3 is 6.03 Å². The van der Waals surface area contributed by atoms with Crippen LogP contribution in [0.2, 0.25) is 0 Å². The molecule has 0 fully saturated rings. The number of unbranched alkanes of at least 4 members (excludes halogenated alkanes) is 13. The lowest BCUT2D eigenvalue weighted by Gasteiger charge is -2.18. The van der Waals surface area contributed by atoms with Crippen molar-refractivity contribution in [1.29, 1.82) is 0 Å². The first-order valence-electron chi connectivity index (χ1n) is 12.9. The van der Waals surface area contributed by atoms with Gasteiger partial charge in [0.05, 0.1) is 0 Å². The summed E-state index contributed by atoms with van der Waals surface area (Å²) < 4.78 is 0. The molecule has 0 spiro atoms. The average molecular weight is 413 g/mol. The molecule has 0 aromatic heterocycles. The lowest BCUT2D eigenvalue weighted by Crippen LogP contribution is -2.38. The third-order valence-corrected chi connectivity index (χ3v) is 5.85. The average Bonchev–Trinajstić information content (AvgIpc) is 2.73. The first-order chi connectivity index (χ1) is 14.2. The Hall–Kier alpha value is -0.770. The number of carbonyl (C=O) groups is 1. The van der Waals surface area contributed by atoms with Crippen LogP contribution in [0.4, 0.5) is 4.79 Å². The van der Waals surface area contributed by atoms with Gasteiger partial charge in [-0.3, -0.25) is 0 Å². The molecule has 174 valence electrons. The van der Waals surface area contributed by atoms with E-state index in [9.17, 15) is 4.79 Å². The van der Waals surface area contributed by atoms with Gasteiger partial charge in [0, 0.05) is 19.7 Å². The van der Waals surface area contributed by atoms with Gasteiger partial charge in [0.1, 0.15) is 0 Å². The van der Waals surface area contributed by atoms with Crippen LogP contribution >= 0.6 is 0 Å². The normalized spacial score (nSPS) is 11.2. The molecule has 0 saturated heterocycles. The Kier molecular flexibility index (Phi) is 22.9. The van der Waals surface area contributed by atoms with E-state index in [0.717, 1.165) is 38.8 Å². The molecule has 0 saturated carbocycles. The maximum atomic E-state index is 12.1. The van der Waals surface area contributed by atoms with Crippen molar-refractivity contribution in [3.05, 3.63) is 0 Å². The number of urea groups is 1. The van der Waals surface area contributed by atoms with Gasteiger partial charge in [-0.1, -0.05) is 104 Å². The molecule has 4 heteroatoms. The van der Waals surface area contributed by atoms with Crippen molar-refractivity contribution in [1.82, 2.24) is 10.6 Å². The molecule has 0 unspecified atom stereocenters.